The van der Waals surface area contributed by atoms with Gasteiger partial charge in [-0.3, -0.25) is 4.79 Å². The van der Waals surface area contributed by atoms with E-state index in [-0.39, 0.29) is 5.91 Å². The van der Waals surface area contributed by atoms with Crippen LogP contribution < -0.4 is 10.2 Å². The van der Waals surface area contributed by atoms with Crippen LogP contribution >= 0.6 is 15.9 Å². The summed E-state index contributed by atoms with van der Waals surface area (Å²) in [5, 5.41) is 3.02. The maximum absolute atomic E-state index is 12.5. The second-order valence-electron chi connectivity index (χ2n) is 6.53. The van der Waals surface area contributed by atoms with Crippen molar-refractivity contribution < 1.29 is 4.79 Å². The molecule has 5 nitrogen and oxygen atoms in total. The highest BCUT2D eigenvalue weighted by Crippen LogP contribution is 2.24. The summed E-state index contributed by atoms with van der Waals surface area (Å²) >= 11 is 3.40. The number of amides is 1. The predicted octanol–water partition coefficient (Wildman–Crippen LogP) is 3.49. The lowest BCUT2D eigenvalue weighted by molar-refractivity contribution is 0.101. The molecule has 1 aliphatic heterocycles. The number of hydrogen-bond donors (Lipinski definition) is 1. The van der Waals surface area contributed by atoms with Crippen molar-refractivity contribution in [2.24, 2.45) is 7.05 Å². The molecule has 0 atom stereocenters. The molecule has 0 aliphatic carbocycles. The molecule has 1 aromatic carbocycles. The number of rotatable bonds is 4. The molecule has 0 bridgehead atoms. The summed E-state index contributed by atoms with van der Waals surface area (Å²) in [5.41, 5.74) is 3.80. The smallest absolute Gasteiger partial charge is 0.272 e. The average molecular weight is 405 g/mol. The lowest BCUT2D eigenvalue weighted by Gasteiger charge is -2.35. The van der Waals surface area contributed by atoms with Crippen molar-refractivity contribution in [1.29, 1.82) is 0 Å². The number of benzene rings is 1. The summed E-state index contributed by atoms with van der Waals surface area (Å²) in [6.45, 7) is 9.69. The Morgan fingerprint density at radius 3 is 2.48 bits per heavy atom. The van der Waals surface area contributed by atoms with Gasteiger partial charge in [0, 0.05) is 55.3 Å². The van der Waals surface area contributed by atoms with Crippen LogP contribution in [0.1, 0.15) is 23.0 Å². The van der Waals surface area contributed by atoms with E-state index in [4.69, 9.17) is 0 Å². The quantitative estimate of drug-likeness (QED) is 0.847. The van der Waals surface area contributed by atoms with Crippen molar-refractivity contribution in [3.8, 4) is 0 Å². The fraction of sp³-hybridized carbons (Fsp3) is 0.421. The summed E-state index contributed by atoms with van der Waals surface area (Å²) in [7, 11) is 1.87. The van der Waals surface area contributed by atoms with Crippen LogP contribution in [0.4, 0.5) is 11.4 Å². The van der Waals surface area contributed by atoms with Gasteiger partial charge in [0.2, 0.25) is 0 Å². The Morgan fingerprint density at radius 1 is 1.20 bits per heavy atom. The second-order valence-corrected chi connectivity index (χ2v) is 7.44. The maximum atomic E-state index is 12.5. The topological polar surface area (TPSA) is 40.5 Å². The number of piperazine rings is 1. The summed E-state index contributed by atoms with van der Waals surface area (Å²) in [4.78, 5) is 17.4. The van der Waals surface area contributed by atoms with Crippen LogP contribution in [0.15, 0.2) is 34.9 Å². The van der Waals surface area contributed by atoms with E-state index in [0.29, 0.717) is 5.69 Å². The van der Waals surface area contributed by atoms with Gasteiger partial charge in [0.15, 0.2) is 0 Å². The van der Waals surface area contributed by atoms with Crippen LogP contribution in [0.25, 0.3) is 0 Å². The molecule has 134 valence electrons. The van der Waals surface area contributed by atoms with Crippen molar-refractivity contribution in [2.75, 3.05) is 42.9 Å². The molecule has 2 aromatic rings. The van der Waals surface area contributed by atoms with Crippen molar-refractivity contribution in [2.45, 2.75) is 13.8 Å². The first-order valence-corrected chi connectivity index (χ1v) is 9.48. The predicted molar refractivity (Wildman–Crippen MR) is 107 cm³/mol. The number of anilines is 2. The number of aryl methyl sites for hydroxylation is 2. The summed E-state index contributed by atoms with van der Waals surface area (Å²) < 4.78 is 2.72. The molecule has 1 fully saturated rings. The Balaban J connectivity index is 1.70. The lowest BCUT2D eigenvalue weighted by atomic mass is 10.1. The molecule has 1 saturated heterocycles. The van der Waals surface area contributed by atoms with Gasteiger partial charge in [0.25, 0.3) is 5.91 Å². The van der Waals surface area contributed by atoms with Gasteiger partial charge in [0.05, 0.1) is 0 Å². The maximum Gasteiger partial charge on any atom is 0.272 e. The van der Waals surface area contributed by atoms with Gasteiger partial charge >= 0.3 is 0 Å². The number of carbonyl (C=O) groups excluding carboxylic acids is 1. The Morgan fingerprint density at radius 2 is 1.92 bits per heavy atom. The minimum absolute atomic E-state index is 0.0967. The highest BCUT2D eigenvalue weighted by molar-refractivity contribution is 9.10. The number of likely N-dealkylation sites (N-methyl/N-ethyl adjacent to an activating group) is 1. The number of carbonyl (C=O) groups is 1. The van der Waals surface area contributed by atoms with E-state index >= 15 is 0 Å². The van der Waals surface area contributed by atoms with Crippen LogP contribution in [0.2, 0.25) is 0 Å². The molecule has 2 heterocycles. The summed E-state index contributed by atoms with van der Waals surface area (Å²) in [6.07, 6.45) is 1.88. The van der Waals surface area contributed by atoms with Crippen LogP contribution in [0.3, 0.4) is 0 Å². The first-order valence-electron chi connectivity index (χ1n) is 8.69. The molecule has 1 aliphatic rings. The number of hydrogen-bond acceptors (Lipinski definition) is 3. The minimum Gasteiger partial charge on any atom is -0.369 e. The zero-order valence-corrected chi connectivity index (χ0v) is 16.6. The molecule has 1 aromatic heterocycles. The van der Waals surface area contributed by atoms with E-state index < -0.39 is 0 Å². The SMILES string of the molecule is CCN1CCN(c2ccc(NC(=O)c3cc(Br)cn3C)c(C)c2)CC1. The monoisotopic (exact) mass is 404 g/mol. The third kappa shape index (κ3) is 4.07. The van der Waals surface area contributed by atoms with Crippen molar-refractivity contribution in [1.82, 2.24) is 9.47 Å². The summed E-state index contributed by atoms with van der Waals surface area (Å²) in [6, 6.07) is 8.10. The molecule has 0 spiro atoms. The minimum atomic E-state index is -0.0967. The average Bonchev–Trinajstić information content (AvgIpc) is 2.95. The normalized spacial score (nSPS) is 15.4. The molecular formula is C19H25BrN4O. The highest BCUT2D eigenvalue weighted by Gasteiger charge is 2.17. The molecule has 1 N–H and O–H groups in total. The standard InChI is InChI=1S/C19H25BrN4O/c1-4-23-7-9-24(10-8-23)16-5-6-17(14(2)11-16)21-19(25)18-12-15(20)13-22(18)3/h5-6,11-13H,4,7-10H2,1-3H3,(H,21,25). The number of halogens is 1. The molecule has 1 amide bonds. The molecule has 6 heteroatoms. The molecule has 3 rings (SSSR count). The highest BCUT2D eigenvalue weighted by atomic mass is 79.9. The van der Waals surface area contributed by atoms with Crippen LogP contribution in [0.5, 0.6) is 0 Å². The van der Waals surface area contributed by atoms with Crippen LogP contribution in [-0.2, 0) is 7.05 Å². The Hall–Kier alpha value is -1.79. The van der Waals surface area contributed by atoms with E-state index in [1.54, 1.807) is 0 Å². The summed E-state index contributed by atoms with van der Waals surface area (Å²) in [5.74, 6) is -0.0967. The Bertz CT molecular complexity index is 763. The van der Waals surface area contributed by atoms with Gasteiger partial charge in [0.1, 0.15) is 5.69 Å². The van der Waals surface area contributed by atoms with Crippen molar-refractivity contribution in [3.63, 3.8) is 0 Å². The third-order valence-corrected chi connectivity index (χ3v) is 5.28. The van der Waals surface area contributed by atoms with Gasteiger partial charge in [-0.05, 0) is 59.2 Å². The van der Waals surface area contributed by atoms with Gasteiger partial charge in [-0.1, -0.05) is 6.92 Å². The van der Waals surface area contributed by atoms with Crippen molar-refractivity contribution >= 4 is 33.2 Å². The fourth-order valence-electron chi connectivity index (χ4n) is 3.24. The van der Waals surface area contributed by atoms with Crippen LogP contribution in [0, 0.1) is 6.92 Å². The zero-order valence-electron chi connectivity index (χ0n) is 15.1. The van der Waals surface area contributed by atoms with Crippen LogP contribution in [-0.4, -0.2) is 48.1 Å². The van der Waals surface area contributed by atoms with Crippen molar-refractivity contribution in [3.05, 3.63) is 46.2 Å². The first kappa shape index (κ1) is 18.0. The number of aromatic nitrogens is 1. The Kier molecular flexibility index (Phi) is 5.49. The third-order valence-electron chi connectivity index (χ3n) is 4.85. The van der Waals surface area contributed by atoms with E-state index in [0.717, 1.165) is 48.4 Å². The van der Waals surface area contributed by atoms with Gasteiger partial charge in [-0.2, -0.15) is 0 Å². The second kappa shape index (κ2) is 7.62. The largest absolute Gasteiger partial charge is 0.369 e. The van der Waals surface area contributed by atoms with E-state index in [1.165, 1.54) is 5.69 Å². The lowest BCUT2D eigenvalue weighted by Crippen LogP contribution is -2.46. The molecule has 0 radical (unpaired) electrons. The zero-order chi connectivity index (χ0) is 18.0. The first-order chi connectivity index (χ1) is 12.0. The van der Waals surface area contributed by atoms with E-state index in [1.807, 2.05) is 36.9 Å². The van der Waals surface area contributed by atoms with E-state index in [9.17, 15) is 4.79 Å². The molecular weight excluding hydrogens is 380 g/mol. The number of nitrogens with zero attached hydrogens (tertiary/aromatic N) is 3. The number of nitrogens with one attached hydrogen (secondary N) is 1. The van der Waals surface area contributed by atoms with Gasteiger partial charge in [-0.25, -0.2) is 0 Å². The van der Waals surface area contributed by atoms with E-state index in [2.05, 4.69) is 50.1 Å². The Labute approximate surface area is 157 Å². The van der Waals surface area contributed by atoms with Gasteiger partial charge < -0.3 is 19.7 Å². The van der Waals surface area contributed by atoms with Gasteiger partial charge in [-0.15, -0.1) is 0 Å². The molecule has 0 saturated carbocycles. The fourth-order valence-corrected chi connectivity index (χ4v) is 3.77. The molecule has 0 unspecified atom stereocenters. The molecule has 25 heavy (non-hydrogen) atoms.